The fourth-order valence-corrected chi connectivity index (χ4v) is 3.53. The molecule has 2 fully saturated rings. The van der Waals surface area contributed by atoms with Crippen molar-refractivity contribution in [2.24, 2.45) is 23.5 Å². The van der Waals surface area contributed by atoms with E-state index in [1.807, 2.05) is 4.90 Å². The molecule has 2 heterocycles. The van der Waals surface area contributed by atoms with Gasteiger partial charge in [-0.3, -0.25) is 9.48 Å². The van der Waals surface area contributed by atoms with Crippen LogP contribution in [0.2, 0.25) is 0 Å². The third-order valence-electron chi connectivity index (χ3n) is 4.89. The Hall–Kier alpha value is -1.43. The maximum atomic E-state index is 12.5. The van der Waals surface area contributed by atoms with E-state index in [0.29, 0.717) is 23.4 Å². The zero-order valence-corrected chi connectivity index (χ0v) is 12.9. The van der Waals surface area contributed by atoms with Gasteiger partial charge in [0.25, 0.3) is 5.91 Å². The van der Waals surface area contributed by atoms with E-state index in [9.17, 15) is 4.79 Å². The highest BCUT2D eigenvalue weighted by Gasteiger charge is 2.42. The molecule has 6 heteroatoms. The van der Waals surface area contributed by atoms with Gasteiger partial charge in [-0.1, -0.05) is 19.1 Å². The smallest absolute Gasteiger partial charge is 0.276 e. The van der Waals surface area contributed by atoms with Gasteiger partial charge in [-0.2, -0.15) is 0 Å². The molecule has 116 valence electrons. The first kappa shape index (κ1) is 14.5. The Morgan fingerprint density at radius 2 is 2.24 bits per heavy atom. The lowest BCUT2D eigenvalue weighted by atomic mass is 9.98. The number of hydrogen-bond acceptors (Lipinski definition) is 4. The quantitative estimate of drug-likeness (QED) is 0.902. The molecule has 6 nitrogen and oxygen atoms in total. The van der Waals surface area contributed by atoms with Crippen LogP contribution in [-0.2, 0) is 6.54 Å². The summed E-state index contributed by atoms with van der Waals surface area (Å²) in [5.41, 5.74) is 6.59. The molecule has 0 radical (unpaired) electrons. The van der Waals surface area contributed by atoms with Crippen LogP contribution >= 0.6 is 0 Å². The minimum absolute atomic E-state index is 0.00685. The van der Waals surface area contributed by atoms with Crippen molar-refractivity contribution < 1.29 is 4.79 Å². The molecule has 0 bridgehead atoms. The monoisotopic (exact) mass is 291 g/mol. The third-order valence-corrected chi connectivity index (χ3v) is 4.89. The van der Waals surface area contributed by atoms with Crippen LogP contribution in [0.4, 0.5) is 0 Å². The van der Waals surface area contributed by atoms with Crippen molar-refractivity contribution in [2.45, 2.75) is 45.7 Å². The predicted octanol–water partition coefficient (Wildman–Crippen LogP) is 1.13. The van der Waals surface area contributed by atoms with E-state index in [-0.39, 0.29) is 11.9 Å². The molecule has 1 amide bonds. The van der Waals surface area contributed by atoms with Gasteiger partial charge in [0.2, 0.25) is 0 Å². The molecular weight excluding hydrogens is 266 g/mol. The van der Waals surface area contributed by atoms with Gasteiger partial charge in [-0.05, 0) is 37.0 Å². The Labute approximate surface area is 125 Å². The van der Waals surface area contributed by atoms with Crippen LogP contribution in [0.15, 0.2) is 6.20 Å². The van der Waals surface area contributed by atoms with E-state index in [1.165, 1.54) is 0 Å². The summed E-state index contributed by atoms with van der Waals surface area (Å²) in [6.45, 7) is 6.78. The molecule has 1 saturated carbocycles. The highest BCUT2D eigenvalue weighted by Crippen LogP contribution is 2.37. The first-order chi connectivity index (χ1) is 10.0. The van der Waals surface area contributed by atoms with Gasteiger partial charge in [0.1, 0.15) is 0 Å². The predicted molar refractivity (Wildman–Crippen MR) is 79.6 cm³/mol. The highest BCUT2D eigenvalue weighted by atomic mass is 16.2. The number of rotatable bonds is 4. The molecule has 1 aromatic heterocycles. The van der Waals surface area contributed by atoms with E-state index in [2.05, 4.69) is 24.2 Å². The van der Waals surface area contributed by atoms with Crippen molar-refractivity contribution >= 4 is 5.91 Å². The summed E-state index contributed by atoms with van der Waals surface area (Å²) in [6.07, 6.45) is 5.07. The molecule has 3 rings (SSSR count). The van der Waals surface area contributed by atoms with Gasteiger partial charge in [0.05, 0.1) is 6.20 Å². The molecule has 1 saturated heterocycles. The minimum atomic E-state index is 0.00685. The van der Waals surface area contributed by atoms with E-state index in [4.69, 9.17) is 5.73 Å². The molecule has 3 unspecified atom stereocenters. The second-order valence-electron chi connectivity index (χ2n) is 6.92. The van der Waals surface area contributed by atoms with E-state index in [0.717, 1.165) is 38.9 Å². The standard InChI is InChI=1S/C15H25N5O/c1-10(2)5-6-20-9-14(17-18-20)15(21)19-7-11-3-4-13(16)12(11)8-19/h9-13H,3-8,16H2,1-2H3. The van der Waals surface area contributed by atoms with Gasteiger partial charge in [-0.25, -0.2) is 0 Å². The molecule has 1 aliphatic carbocycles. The number of carbonyl (C=O) groups excluding carboxylic acids is 1. The zero-order chi connectivity index (χ0) is 15.0. The minimum Gasteiger partial charge on any atom is -0.337 e. The van der Waals surface area contributed by atoms with Gasteiger partial charge >= 0.3 is 0 Å². The van der Waals surface area contributed by atoms with Gasteiger partial charge in [0.15, 0.2) is 5.69 Å². The van der Waals surface area contributed by atoms with Crippen molar-refractivity contribution in [3.63, 3.8) is 0 Å². The number of nitrogens with two attached hydrogens (primary N) is 1. The van der Waals surface area contributed by atoms with Crippen LogP contribution < -0.4 is 5.73 Å². The Balaban J connectivity index is 1.61. The first-order valence-electron chi connectivity index (χ1n) is 7.99. The Kier molecular flexibility index (Phi) is 3.97. The van der Waals surface area contributed by atoms with E-state index < -0.39 is 0 Å². The van der Waals surface area contributed by atoms with E-state index >= 15 is 0 Å². The number of fused-ring (bicyclic) bond motifs is 1. The van der Waals surface area contributed by atoms with Crippen LogP contribution in [0.3, 0.4) is 0 Å². The van der Waals surface area contributed by atoms with Crippen LogP contribution in [0, 0.1) is 17.8 Å². The second kappa shape index (κ2) is 5.75. The Bertz CT molecular complexity index is 512. The van der Waals surface area contributed by atoms with Crippen molar-refractivity contribution in [1.82, 2.24) is 19.9 Å². The average Bonchev–Trinajstić information content (AvgIpc) is 3.13. The van der Waals surface area contributed by atoms with Crippen molar-refractivity contribution in [3.05, 3.63) is 11.9 Å². The summed E-state index contributed by atoms with van der Waals surface area (Å²) < 4.78 is 1.77. The lowest BCUT2D eigenvalue weighted by Crippen LogP contribution is -2.33. The number of hydrogen-bond donors (Lipinski definition) is 1. The number of amides is 1. The topological polar surface area (TPSA) is 77.0 Å². The van der Waals surface area contributed by atoms with Gasteiger partial charge in [-0.15, -0.1) is 5.10 Å². The zero-order valence-electron chi connectivity index (χ0n) is 12.9. The molecule has 3 atom stereocenters. The highest BCUT2D eigenvalue weighted by molar-refractivity contribution is 5.92. The van der Waals surface area contributed by atoms with E-state index in [1.54, 1.807) is 10.9 Å². The molecule has 0 aromatic carbocycles. The van der Waals surface area contributed by atoms with Crippen LogP contribution in [0.5, 0.6) is 0 Å². The molecular formula is C15H25N5O. The molecule has 1 aliphatic heterocycles. The van der Waals surface area contributed by atoms with Crippen molar-refractivity contribution in [3.8, 4) is 0 Å². The summed E-state index contributed by atoms with van der Waals surface area (Å²) >= 11 is 0. The summed E-state index contributed by atoms with van der Waals surface area (Å²) in [6, 6.07) is 0.259. The van der Waals surface area contributed by atoms with Crippen LogP contribution in [-0.4, -0.2) is 44.9 Å². The summed E-state index contributed by atoms with van der Waals surface area (Å²) in [7, 11) is 0. The summed E-state index contributed by atoms with van der Waals surface area (Å²) in [5, 5.41) is 8.10. The molecule has 1 aromatic rings. The normalized spacial score (nSPS) is 28.4. The van der Waals surface area contributed by atoms with Gasteiger partial charge in [0, 0.05) is 25.7 Å². The lowest BCUT2D eigenvalue weighted by molar-refractivity contribution is 0.0773. The Morgan fingerprint density at radius 3 is 2.95 bits per heavy atom. The number of carbonyl (C=O) groups is 1. The SMILES string of the molecule is CC(C)CCn1cc(C(=O)N2CC3CCC(N)C3C2)nn1. The molecule has 0 spiro atoms. The third kappa shape index (κ3) is 2.95. The number of likely N-dealkylation sites (tertiary alicyclic amines) is 1. The Morgan fingerprint density at radius 1 is 1.43 bits per heavy atom. The van der Waals surface area contributed by atoms with Crippen LogP contribution in [0.1, 0.15) is 43.6 Å². The molecule has 21 heavy (non-hydrogen) atoms. The number of aryl methyl sites for hydroxylation is 1. The number of aromatic nitrogens is 3. The number of nitrogens with zero attached hydrogens (tertiary/aromatic N) is 4. The second-order valence-corrected chi connectivity index (χ2v) is 6.92. The van der Waals surface area contributed by atoms with Crippen molar-refractivity contribution in [2.75, 3.05) is 13.1 Å². The molecule has 2 N–H and O–H groups in total. The molecule has 2 aliphatic rings. The van der Waals surface area contributed by atoms with Crippen LogP contribution in [0.25, 0.3) is 0 Å². The average molecular weight is 291 g/mol. The summed E-state index contributed by atoms with van der Waals surface area (Å²) in [5.74, 6) is 1.69. The fourth-order valence-electron chi connectivity index (χ4n) is 3.53. The maximum Gasteiger partial charge on any atom is 0.276 e. The lowest BCUT2D eigenvalue weighted by Gasteiger charge is -2.17. The fraction of sp³-hybridized carbons (Fsp3) is 0.800. The van der Waals surface area contributed by atoms with Gasteiger partial charge < -0.3 is 10.6 Å². The maximum absolute atomic E-state index is 12.5. The summed E-state index contributed by atoms with van der Waals surface area (Å²) in [4.78, 5) is 14.4. The first-order valence-corrected chi connectivity index (χ1v) is 7.99. The van der Waals surface area contributed by atoms with Crippen molar-refractivity contribution in [1.29, 1.82) is 0 Å². The largest absolute Gasteiger partial charge is 0.337 e.